The smallest absolute Gasteiger partial charge is 0.0431 e. The highest BCUT2D eigenvalue weighted by atomic mass is 16.2. The van der Waals surface area contributed by atoms with Crippen molar-refractivity contribution < 1.29 is 5.11 Å². The number of aliphatic hydroxyl groups is 1. The Bertz CT molecular complexity index is 364. The van der Waals surface area contributed by atoms with Crippen molar-refractivity contribution in [2.24, 2.45) is 0 Å². The van der Waals surface area contributed by atoms with E-state index in [0.717, 1.165) is 25.2 Å². The molecule has 1 N–H and O–H groups in total. The Morgan fingerprint density at radius 1 is 1.11 bits per heavy atom. The van der Waals surface area contributed by atoms with Crippen molar-refractivity contribution in [1.29, 1.82) is 0 Å². The van der Waals surface area contributed by atoms with Crippen molar-refractivity contribution in [3.05, 3.63) is 34.9 Å². The Balaban J connectivity index is 2.11. The molecule has 0 unspecified atom stereocenters. The summed E-state index contributed by atoms with van der Waals surface area (Å²) in [6.45, 7) is 2.50. The lowest BCUT2D eigenvalue weighted by atomic mass is 9.81. The predicted molar refractivity (Wildman–Crippen MR) is 77.0 cm³/mol. The molecule has 0 aromatic heterocycles. The van der Waals surface area contributed by atoms with Gasteiger partial charge in [-0.3, -0.25) is 0 Å². The van der Waals surface area contributed by atoms with E-state index in [2.05, 4.69) is 25.1 Å². The van der Waals surface area contributed by atoms with Gasteiger partial charge in [0.05, 0.1) is 0 Å². The molecular weight excluding hydrogens is 220 g/mol. The van der Waals surface area contributed by atoms with Crippen LogP contribution in [0.15, 0.2) is 18.2 Å². The molecule has 2 rings (SSSR count). The molecule has 1 aliphatic rings. The predicted octanol–water partition coefficient (Wildman–Crippen LogP) is 4.36. The van der Waals surface area contributed by atoms with Crippen LogP contribution in [-0.4, -0.2) is 11.7 Å². The molecule has 1 fully saturated rings. The van der Waals surface area contributed by atoms with Crippen molar-refractivity contribution in [2.45, 2.75) is 64.2 Å². The number of unbranched alkanes of at least 4 members (excludes halogenated alkanes) is 1. The van der Waals surface area contributed by atoms with Gasteiger partial charge in [-0.05, 0) is 56.1 Å². The Morgan fingerprint density at radius 3 is 2.61 bits per heavy atom. The quantitative estimate of drug-likeness (QED) is 0.765. The first-order valence-electron chi connectivity index (χ1n) is 7.51. The second-order valence-corrected chi connectivity index (χ2v) is 5.72. The van der Waals surface area contributed by atoms with E-state index in [1.165, 1.54) is 43.2 Å². The van der Waals surface area contributed by atoms with Gasteiger partial charge in [-0.2, -0.15) is 0 Å². The zero-order valence-electron chi connectivity index (χ0n) is 11.6. The summed E-state index contributed by atoms with van der Waals surface area (Å²) in [7, 11) is 0. The largest absolute Gasteiger partial charge is 0.396 e. The molecular formula is C17H26O. The third kappa shape index (κ3) is 3.58. The van der Waals surface area contributed by atoms with E-state index in [-0.39, 0.29) is 0 Å². The van der Waals surface area contributed by atoms with E-state index in [4.69, 9.17) is 5.11 Å². The lowest BCUT2D eigenvalue weighted by molar-refractivity contribution is 0.284. The molecule has 1 aliphatic carbocycles. The SMILES string of the molecule is Cc1ccc(C2CCCCC2)c(CCCCO)c1. The molecule has 1 saturated carbocycles. The fourth-order valence-electron chi connectivity index (χ4n) is 3.19. The highest BCUT2D eigenvalue weighted by Crippen LogP contribution is 2.35. The van der Waals surface area contributed by atoms with Crippen LogP contribution in [0.1, 0.15) is 67.6 Å². The highest BCUT2D eigenvalue weighted by Gasteiger charge is 2.18. The highest BCUT2D eigenvalue weighted by molar-refractivity contribution is 5.34. The maximum absolute atomic E-state index is 8.92. The molecule has 0 aliphatic heterocycles. The molecule has 1 aromatic rings. The third-order valence-corrected chi connectivity index (χ3v) is 4.20. The van der Waals surface area contributed by atoms with Crippen LogP contribution < -0.4 is 0 Å². The summed E-state index contributed by atoms with van der Waals surface area (Å²) in [6.07, 6.45) is 10.1. The molecule has 1 heteroatoms. The number of rotatable bonds is 5. The van der Waals surface area contributed by atoms with Gasteiger partial charge in [0, 0.05) is 6.61 Å². The average Bonchev–Trinajstić information content (AvgIpc) is 2.40. The number of hydrogen-bond donors (Lipinski definition) is 1. The van der Waals surface area contributed by atoms with E-state index >= 15 is 0 Å². The standard InChI is InChI=1S/C17H26O/c1-14-10-11-17(15-7-3-2-4-8-15)16(13-14)9-5-6-12-18/h10-11,13,15,18H,2-9,12H2,1H3. The van der Waals surface area contributed by atoms with E-state index < -0.39 is 0 Å². The normalized spacial score (nSPS) is 17.0. The van der Waals surface area contributed by atoms with Crippen LogP contribution >= 0.6 is 0 Å². The Labute approximate surface area is 111 Å². The average molecular weight is 246 g/mol. The zero-order chi connectivity index (χ0) is 12.8. The van der Waals surface area contributed by atoms with Crippen molar-refractivity contribution in [3.63, 3.8) is 0 Å². The van der Waals surface area contributed by atoms with Crippen LogP contribution in [0.5, 0.6) is 0 Å². The minimum Gasteiger partial charge on any atom is -0.396 e. The first-order chi connectivity index (χ1) is 8.81. The molecule has 0 bridgehead atoms. The topological polar surface area (TPSA) is 20.2 Å². The zero-order valence-corrected chi connectivity index (χ0v) is 11.6. The van der Waals surface area contributed by atoms with E-state index in [1.807, 2.05) is 0 Å². The summed E-state index contributed by atoms with van der Waals surface area (Å²) in [5.41, 5.74) is 4.50. The van der Waals surface area contributed by atoms with Crippen LogP contribution in [0.4, 0.5) is 0 Å². The maximum atomic E-state index is 8.92. The molecule has 1 aromatic carbocycles. The monoisotopic (exact) mass is 246 g/mol. The first kappa shape index (κ1) is 13.6. The van der Waals surface area contributed by atoms with Gasteiger partial charge in [-0.1, -0.05) is 43.0 Å². The van der Waals surface area contributed by atoms with Crippen molar-refractivity contribution in [1.82, 2.24) is 0 Å². The molecule has 18 heavy (non-hydrogen) atoms. The van der Waals surface area contributed by atoms with Gasteiger partial charge in [0.2, 0.25) is 0 Å². The maximum Gasteiger partial charge on any atom is 0.0431 e. The number of hydrogen-bond acceptors (Lipinski definition) is 1. The van der Waals surface area contributed by atoms with Crippen LogP contribution in [-0.2, 0) is 6.42 Å². The van der Waals surface area contributed by atoms with Gasteiger partial charge in [-0.15, -0.1) is 0 Å². The Morgan fingerprint density at radius 2 is 1.89 bits per heavy atom. The molecule has 100 valence electrons. The van der Waals surface area contributed by atoms with Gasteiger partial charge in [0.15, 0.2) is 0 Å². The van der Waals surface area contributed by atoms with E-state index in [0.29, 0.717) is 6.61 Å². The second kappa shape index (κ2) is 6.94. The number of aryl methyl sites for hydroxylation is 2. The summed E-state index contributed by atoms with van der Waals surface area (Å²) in [5, 5.41) is 8.92. The molecule has 0 amide bonds. The molecule has 0 heterocycles. The molecule has 0 spiro atoms. The first-order valence-corrected chi connectivity index (χ1v) is 7.51. The van der Waals surface area contributed by atoms with Crippen LogP contribution in [0.2, 0.25) is 0 Å². The summed E-state index contributed by atoms with van der Waals surface area (Å²) in [6, 6.07) is 6.99. The minimum absolute atomic E-state index is 0.324. The van der Waals surface area contributed by atoms with Crippen molar-refractivity contribution in [3.8, 4) is 0 Å². The van der Waals surface area contributed by atoms with Crippen molar-refractivity contribution in [2.75, 3.05) is 6.61 Å². The van der Waals surface area contributed by atoms with Gasteiger partial charge in [-0.25, -0.2) is 0 Å². The van der Waals surface area contributed by atoms with Crippen LogP contribution in [0.25, 0.3) is 0 Å². The fourth-order valence-corrected chi connectivity index (χ4v) is 3.19. The summed E-state index contributed by atoms with van der Waals surface area (Å²) in [5.74, 6) is 0.795. The minimum atomic E-state index is 0.324. The number of benzene rings is 1. The summed E-state index contributed by atoms with van der Waals surface area (Å²) >= 11 is 0. The number of aliphatic hydroxyl groups excluding tert-OH is 1. The van der Waals surface area contributed by atoms with E-state index in [9.17, 15) is 0 Å². The summed E-state index contributed by atoms with van der Waals surface area (Å²) in [4.78, 5) is 0. The van der Waals surface area contributed by atoms with Gasteiger partial charge >= 0.3 is 0 Å². The van der Waals surface area contributed by atoms with Crippen molar-refractivity contribution >= 4 is 0 Å². The molecule has 0 radical (unpaired) electrons. The van der Waals surface area contributed by atoms with Crippen LogP contribution in [0, 0.1) is 6.92 Å². The van der Waals surface area contributed by atoms with E-state index in [1.54, 1.807) is 5.56 Å². The van der Waals surface area contributed by atoms with Gasteiger partial charge < -0.3 is 5.11 Å². The van der Waals surface area contributed by atoms with Crippen LogP contribution in [0.3, 0.4) is 0 Å². The Kier molecular flexibility index (Phi) is 5.25. The third-order valence-electron chi connectivity index (χ3n) is 4.20. The fraction of sp³-hybridized carbons (Fsp3) is 0.647. The molecule has 0 atom stereocenters. The Hall–Kier alpha value is -0.820. The summed E-state index contributed by atoms with van der Waals surface area (Å²) < 4.78 is 0. The lowest BCUT2D eigenvalue weighted by Crippen LogP contribution is -2.08. The van der Waals surface area contributed by atoms with Gasteiger partial charge in [0.25, 0.3) is 0 Å². The second-order valence-electron chi connectivity index (χ2n) is 5.72. The molecule has 1 nitrogen and oxygen atoms in total. The molecule has 0 saturated heterocycles. The lowest BCUT2D eigenvalue weighted by Gasteiger charge is -2.24. The van der Waals surface area contributed by atoms with Gasteiger partial charge in [0.1, 0.15) is 0 Å².